The van der Waals surface area contributed by atoms with Crippen molar-refractivity contribution in [1.82, 2.24) is 0 Å². The number of carboxylic acids is 1. The lowest BCUT2D eigenvalue weighted by atomic mass is 10.1. The molecule has 2 N–H and O–H groups in total. The van der Waals surface area contributed by atoms with Gasteiger partial charge in [-0.1, -0.05) is 6.07 Å². The third-order valence-electron chi connectivity index (χ3n) is 3.64. The van der Waals surface area contributed by atoms with Crippen LogP contribution >= 0.6 is 0 Å². The zero-order valence-electron chi connectivity index (χ0n) is 13.7. The molecular formula is C17H19NO5S. The van der Waals surface area contributed by atoms with Crippen LogP contribution in [0.15, 0.2) is 41.3 Å². The molecule has 0 aromatic heterocycles. The van der Waals surface area contributed by atoms with Gasteiger partial charge in [0.25, 0.3) is 10.0 Å². The Morgan fingerprint density at radius 3 is 2.50 bits per heavy atom. The number of benzene rings is 2. The van der Waals surface area contributed by atoms with Crippen LogP contribution in [0.5, 0.6) is 5.75 Å². The molecule has 2 aromatic carbocycles. The van der Waals surface area contributed by atoms with Crippen LogP contribution in [-0.2, 0) is 10.0 Å². The Kier molecular flexibility index (Phi) is 5.14. The quantitative estimate of drug-likeness (QED) is 0.835. The maximum Gasteiger partial charge on any atom is 0.335 e. The molecule has 0 saturated carbocycles. The number of ether oxygens (including phenoxy) is 1. The van der Waals surface area contributed by atoms with Gasteiger partial charge in [0.2, 0.25) is 0 Å². The molecule has 0 radical (unpaired) electrons. The van der Waals surface area contributed by atoms with Crippen molar-refractivity contribution < 1.29 is 23.1 Å². The van der Waals surface area contributed by atoms with E-state index in [0.29, 0.717) is 17.9 Å². The molecule has 2 rings (SSSR count). The highest BCUT2D eigenvalue weighted by atomic mass is 32.2. The second kappa shape index (κ2) is 6.92. The van der Waals surface area contributed by atoms with Crippen LogP contribution in [-0.4, -0.2) is 26.1 Å². The third kappa shape index (κ3) is 3.68. The van der Waals surface area contributed by atoms with Gasteiger partial charge in [-0.2, -0.15) is 0 Å². The topological polar surface area (TPSA) is 92.7 Å². The van der Waals surface area contributed by atoms with Crippen molar-refractivity contribution in [1.29, 1.82) is 0 Å². The number of carboxylic acid groups (broad SMARTS) is 1. The molecule has 0 unspecified atom stereocenters. The molecule has 0 aliphatic heterocycles. The van der Waals surface area contributed by atoms with Crippen molar-refractivity contribution in [3.63, 3.8) is 0 Å². The third-order valence-corrected chi connectivity index (χ3v) is 5.16. The van der Waals surface area contributed by atoms with Crippen LogP contribution in [0.3, 0.4) is 0 Å². The van der Waals surface area contributed by atoms with E-state index in [2.05, 4.69) is 4.72 Å². The molecule has 0 heterocycles. The molecule has 2 aromatic rings. The zero-order valence-corrected chi connectivity index (χ0v) is 14.5. The number of aromatic carboxylic acids is 1. The predicted molar refractivity (Wildman–Crippen MR) is 91.3 cm³/mol. The molecule has 0 atom stereocenters. The molecule has 24 heavy (non-hydrogen) atoms. The Balaban J connectivity index is 2.39. The molecule has 0 bridgehead atoms. The minimum absolute atomic E-state index is 0.00907. The maximum atomic E-state index is 12.6. The maximum absolute atomic E-state index is 12.6. The molecule has 6 nitrogen and oxygen atoms in total. The van der Waals surface area contributed by atoms with E-state index in [-0.39, 0.29) is 16.1 Å². The Labute approximate surface area is 141 Å². The van der Waals surface area contributed by atoms with Gasteiger partial charge in [-0.15, -0.1) is 0 Å². The van der Waals surface area contributed by atoms with E-state index >= 15 is 0 Å². The predicted octanol–water partition coefficient (Wildman–Crippen LogP) is 3.20. The normalized spacial score (nSPS) is 11.1. The highest BCUT2D eigenvalue weighted by molar-refractivity contribution is 7.92. The highest BCUT2D eigenvalue weighted by Crippen LogP contribution is 2.28. The minimum Gasteiger partial charge on any atom is -0.494 e. The van der Waals surface area contributed by atoms with Crippen molar-refractivity contribution in [3.05, 3.63) is 53.1 Å². The average Bonchev–Trinajstić information content (AvgIpc) is 2.51. The Bertz CT molecular complexity index is 875. The second-order valence-electron chi connectivity index (χ2n) is 5.24. The molecule has 128 valence electrons. The first kappa shape index (κ1) is 17.8. The lowest BCUT2D eigenvalue weighted by molar-refractivity contribution is 0.0697. The lowest BCUT2D eigenvalue weighted by Gasteiger charge is -2.15. The SMILES string of the molecule is CCOc1ccc(S(=O)(=O)Nc2cccc(C(=O)O)c2)c(C)c1C. The largest absolute Gasteiger partial charge is 0.494 e. The molecule has 0 saturated heterocycles. The van der Waals surface area contributed by atoms with Gasteiger partial charge in [0, 0.05) is 5.69 Å². The fourth-order valence-electron chi connectivity index (χ4n) is 2.30. The van der Waals surface area contributed by atoms with E-state index in [1.54, 1.807) is 19.9 Å². The lowest BCUT2D eigenvalue weighted by Crippen LogP contribution is -2.15. The van der Waals surface area contributed by atoms with Gasteiger partial charge in [-0.25, -0.2) is 13.2 Å². The first-order valence-electron chi connectivity index (χ1n) is 7.35. The van der Waals surface area contributed by atoms with E-state index in [1.807, 2.05) is 6.92 Å². The first-order chi connectivity index (χ1) is 11.3. The van der Waals surface area contributed by atoms with Gasteiger partial charge >= 0.3 is 5.97 Å². The van der Waals surface area contributed by atoms with Crippen LogP contribution in [0, 0.1) is 13.8 Å². The van der Waals surface area contributed by atoms with Gasteiger partial charge < -0.3 is 9.84 Å². The summed E-state index contributed by atoms with van der Waals surface area (Å²) >= 11 is 0. The number of anilines is 1. The average molecular weight is 349 g/mol. The van der Waals surface area contributed by atoms with E-state index in [4.69, 9.17) is 9.84 Å². The standard InChI is InChI=1S/C17H19NO5S/c1-4-23-15-8-9-16(12(3)11(15)2)24(21,22)18-14-7-5-6-13(10-14)17(19)20/h5-10,18H,4H2,1-3H3,(H,19,20). The van der Waals surface area contributed by atoms with Gasteiger partial charge in [0.15, 0.2) is 0 Å². The summed E-state index contributed by atoms with van der Waals surface area (Å²) in [6.45, 7) is 5.85. The Morgan fingerprint density at radius 2 is 1.88 bits per heavy atom. The Hall–Kier alpha value is -2.54. The highest BCUT2D eigenvalue weighted by Gasteiger charge is 2.20. The summed E-state index contributed by atoms with van der Waals surface area (Å²) in [5.74, 6) is -0.481. The number of hydrogen-bond acceptors (Lipinski definition) is 4. The minimum atomic E-state index is -3.84. The smallest absolute Gasteiger partial charge is 0.335 e. The molecule has 0 spiro atoms. The van der Waals surface area contributed by atoms with E-state index in [0.717, 1.165) is 5.56 Å². The Morgan fingerprint density at radius 1 is 1.17 bits per heavy atom. The van der Waals surface area contributed by atoms with Gasteiger partial charge in [0.05, 0.1) is 17.1 Å². The number of rotatable bonds is 6. The van der Waals surface area contributed by atoms with Crippen molar-refractivity contribution in [2.45, 2.75) is 25.7 Å². The van der Waals surface area contributed by atoms with Crippen LogP contribution in [0.1, 0.15) is 28.4 Å². The summed E-state index contributed by atoms with van der Waals surface area (Å²) in [6, 6.07) is 8.76. The molecule has 0 aliphatic rings. The van der Waals surface area contributed by atoms with Gasteiger partial charge in [-0.3, -0.25) is 4.72 Å². The summed E-state index contributed by atoms with van der Waals surface area (Å²) in [4.78, 5) is 11.1. The monoisotopic (exact) mass is 349 g/mol. The van der Waals surface area contributed by atoms with Crippen molar-refractivity contribution in [3.8, 4) is 5.75 Å². The van der Waals surface area contributed by atoms with E-state index in [1.165, 1.54) is 30.3 Å². The summed E-state index contributed by atoms with van der Waals surface area (Å²) in [5, 5.41) is 9.00. The first-order valence-corrected chi connectivity index (χ1v) is 8.83. The van der Waals surface area contributed by atoms with E-state index in [9.17, 15) is 13.2 Å². The molecule has 0 fully saturated rings. The van der Waals surface area contributed by atoms with Crippen molar-refractivity contribution in [2.75, 3.05) is 11.3 Å². The van der Waals surface area contributed by atoms with Crippen LogP contribution in [0.2, 0.25) is 0 Å². The van der Waals surface area contributed by atoms with Crippen molar-refractivity contribution >= 4 is 21.7 Å². The number of nitrogens with one attached hydrogen (secondary N) is 1. The van der Waals surface area contributed by atoms with Gasteiger partial charge in [-0.05, 0) is 62.2 Å². The van der Waals surface area contributed by atoms with E-state index < -0.39 is 16.0 Å². The van der Waals surface area contributed by atoms with Crippen LogP contribution in [0.4, 0.5) is 5.69 Å². The second-order valence-corrected chi connectivity index (χ2v) is 6.89. The fourth-order valence-corrected chi connectivity index (χ4v) is 3.65. The molecular weight excluding hydrogens is 330 g/mol. The molecule has 0 aliphatic carbocycles. The molecule has 0 amide bonds. The van der Waals surface area contributed by atoms with Crippen LogP contribution < -0.4 is 9.46 Å². The van der Waals surface area contributed by atoms with Crippen molar-refractivity contribution in [2.24, 2.45) is 0 Å². The molecule has 7 heteroatoms. The van der Waals surface area contributed by atoms with Crippen LogP contribution in [0.25, 0.3) is 0 Å². The number of sulfonamides is 1. The summed E-state index contributed by atoms with van der Waals surface area (Å²) in [6.07, 6.45) is 0. The van der Waals surface area contributed by atoms with Gasteiger partial charge in [0.1, 0.15) is 5.75 Å². The fraction of sp³-hybridized carbons (Fsp3) is 0.235. The number of carbonyl (C=O) groups is 1. The number of hydrogen-bond donors (Lipinski definition) is 2. The zero-order chi connectivity index (χ0) is 17.9. The summed E-state index contributed by atoms with van der Waals surface area (Å²) in [7, 11) is -3.84. The summed E-state index contributed by atoms with van der Waals surface area (Å²) < 4.78 is 33.1. The summed E-state index contributed by atoms with van der Waals surface area (Å²) in [5.41, 5.74) is 1.54.